The first-order chi connectivity index (χ1) is 11.0. The van der Waals surface area contributed by atoms with Crippen molar-refractivity contribution in [2.24, 2.45) is 5.92 Å². The van der Waals surface area contributed by atoms with Crippen molar-refractivity contribution in [3.05, 3.63) is 17.5 Å². The molecule has 1 aromatic heterocycles. The second-order valence-electron chi connectivity index (χ2n) is 6.59. The third kappa shape index (κ3) is 3.63. The number of anilines is 1. The van der Waals surface area contributed by atoms with E-state index < -0.39 is 0 Å². The van der Waals surface area contributed by atoms with Crippen LogP contribution in [0.5, 0.6) is 0 Å². The molecule has 2 saturated heterocycles. The van der Waals surface area contributed by atoms with Crippen LogP contribution in [-0.4, -0.2) is 59.7 Å². The average Bonchev–Trinajstić information content (AvgIpc) is 2.54. The molecule has 2 atom stereocenters. The summed E-state index contributed by atoms with van der Waals surface area (Å²) in [5.74, 6) is 1.05. The monoisotopic (exact) mass is 318 g/mol. The Morgan fingerprint density at radius 2 is 1.83 bits per heavy atom. The Labute approximate surface area is 137 Å². The lowest BCUT2D eigenvalue weighted by Gasteiger charge is -2.38. The Balaban J connectivity index is 1.60. The molecule has 1 amide bonds. The molecule has 6 nitrogen and oxygen atoms in total. The third-order valence-electron chi connectivity index (χ3n) is 4.77. The standard InChI is InChI=1S/C17H26N4O2/c1-12-11-13(2)19-17(18-12)21-8-6-20(7-9-21)16(22)15-5-4-10-23-14(15)3/h11,14-15H,4-10H2,1-3H3. The van der Waals surface area contributed by atoms with E-state index in [9.17, 15) is 4.79 Å². The van der Waals surface area contributed by atoms with Crippen molar-refractivity contribution in [1.29, 1.82) is 0 Å². The minimum atomic E-state index is 0.0211. The van der Waals surface area contributed by atoms with Crippen LogP contribution in [0, 0.1) is 19.8 Å². The van der Waals surface area contributed by atoms with Gasteiger partial charge in [0.2, 0.25) is 11.9 Å². The van der Waals surface area contributed by atoms with Gasteiger partial charge >= 0.3 is 0 Å². The predicted octanol–water partition coefficient (Wildman–Crippen LogP) is 1.56. The molecule has 3 heterocycles. The number of piperazine rings is 1. The molecule has 23 heavy (non-hydrogen) atoms. The van der Waals surface area contributed by atoms with Crippen LogP contribution >= 0.6 is 0 Å². The molecule has 0 spiro atoms. The number of aromatic nitrogens is 2. The number of amides is 1. The molecule has 0 saturated carbocycles. The number of carbonyl (C=O) groups excluding carboxylic acids is 1. The fraction of sp³-hybridized carbons (Fsp3) is 0.706. The fourth-order valence-corrected chi connectivity index (χ4v) is 3.46. The molecule has 0 bridgehead atoms. The third-order valence-corrected chi connectivity index (χ3v) is 4.77. The van der Waals surface area contributed by atoms with Gasteiger partial charge in [-0.3, -0.25) is 4.79 Å². The van der Waals surface area contributed by atoms with Crippen LogP contribution in [0.3, 0.4) is 0 Å². The second-order valence-corrected chi connectivity index (χ2v) is 6.59. The second kappa shape index (κ2) is 6.83. The summed E-state index contributed by atoms with van der Waals surface area (Å²) in [6.07, 6.45) is 1.97. The summed E-state index contributed by atoms with van der Waals surface area (Å²) in [6.45, 7) is 9.82. The highest BCUT2D eigenvalue weighted by atomic mass is 16.5. The summed E-state index contributed by atoms with van der Waals surface area (Å²) in [4.78, 5) is 25.9. The van der Waals surface area contributed by atoms with Gasteiger partial charge in [0.1, 0.15) is 0 Å². The van der Waals surface area contributed by atoms with Gasteiger partial charge < -0.3 is 14.5 Å². The summed E-state index contributed by atoms with van der Waals surface area (Å²) < 4.78 is 5.64. The van der Waals surface area contributed by atoms with Crippen LogP contribution in [0.4, 0.5) is 5.95 Å². The van der Waals surface area contributed by atoms with E-state index >= 15 is 0 Å². The van der Waals surface area contributed by atoms with Crippen molar-refractivity contribution in [3.63, 3.8) is 0 Å². The van der Waals surface area contributed by atoms with Gasteiger partial charge in [0, 0.05) is 44.2 Å². The van der Waals surface area contributed by atoms with Crippen molar-refractivity contribution >= 4 is 11.9 Å². The van der Waals surface area contributed by atoms with Gasteiger partial charge in [0.15, 0.2) is 0 Å². The van der Waals surface area contributed by atoms with E-state index in [2.05, 4.69) is 14.9 Å². The molecular weight excluding hydrogens is 292 g/mol. The van der Waals surface area contributed by atoms with Gasteiger partial charge in [-0.15, -0.1) is 0 Å². The summed E-state index contributed by atoms with van der Waals surface area (Å²) >= 11 is 0. The Kier molecular flexibility index (Phi) is 4.80. The van der Waals surface area contributed by atoms with E-state index in [-0.39, 0.29) is 17.9 Å². The van der Waals surface area contributed by atoms with Crippen LogP contribution in [0.25, 0.3) is 0 Å². The number of rotatable bonds is 2. The van der Waals surface area contributed by atoms with Gasteiger partial charge in [-0.2, -0.15) is 0 Å². The molecule has 0 N–H and O–H groups in total. The number of ether oxygens (including phenoxy) is 1. The van der Waals surface area contributed by atoms with Crippen LogP contribution in [0.1, 0.15) is 31.2 Å². The van der Waals surface area contributed by atoms with Gasteiger partial charge in [-0.1, -0.05) is 0 Å². The highest BCUT2D eigenvalue weighted by molar-refractivity contribution is 5.79. The van der Waals surface area contributed by atoms with E-state index in [0.717, 1.165) is 63.0 Å². The number of carbonyl (C=O) groups is 1. The molecule has 6 heteroatoms. The number of nitrogens with zero attached hydrogens (tertiary/aromatic N) is 4. The minimum absolute atomic E-state index is 0.0211. The number of aryl methyl sites for hydroxylation is 2. The van der Waals surface area contributed by atoms with E-state index in [0.29, 0.717) is 0 Å². The van der Waals surface area contributed by atoms with Crippen molar-refractivity contribution in [1.82, 2.24) is 14.9 Å². The maximum atomic E-state index is 12.7. The molecule has 2 fully saturated rings. The fourth-order valence-electron chi connectivity index (χ4n) is 3.46. The Morgan fingerprint density at radius 3 is 2.43 bits per heavy atom. The SMILES string of the molecule is Cc1cc(C)nc(N2CCN(C(=O)C3CCCOC3C)CC2)n1. The zero-order valence-corrected chi connectivity index (χ0v) is 14.3. The molecule has 126 valence electrons. The lowest BCUT2D eigenvalue weighted by atomic mass is 9.93. The average molecular weight is 318 g/mol. The largest absolute Gasteiger partial charge is 0.378 e. The van der Waals surface area contributed by atoms with Gasteiger partial charge in [0.05, 0.1) is 12.0 Å². The Hall–Kier alpha value is -1.69. The molecule has 2 aliphatic heterocycles. The highest BCUT2D eigenvalue weighted by Gasteiger charge is 2.33. The molecule has 2 unspecified atom stereocenters. The smallest absolute Gasteiger partial charge is 0.228 e. The zero-order valence-electron chi connectivity index (χ0n) is 14.3. The molecular formula is C17H26N4O2. The summed E-state index contributed by atoms with van der Waals surface area (Å²) in [6, 6.07) is 1.98. The van der Waals surface area contributed by atoms with Crippen LogP contribution in [-0.2, 0) is 9.53 Å². The molecule has 0 aromatic carbocycles. The first kappa shape index (κ1) is 16.2. The van der Waals surface area contributed by atoms with Gasteiger partial charge in [-0.25, -0.2) is 9.97 Å². The van der Waals surface area contributed by atoms with Crippen LogP contribution in [0.15, 0.2) is 6.07 Å². The number of hydrogen-bond donors (Lipinski definition) is 0. The maximum Gasteiger partial charge on any atom is 0.228 e. The van der Waals surface area contributed by atoms with Crippen LogP contribution in [0.2, 0.25) is 0 Å². The van der Waals surface area contributed by atoms with Crippen molar-refractivity contribution < 1.29 is 9.53 Å². The molecule has 1 aromatic rings. The quantitative estimate of drug-likeness (QED) is 0.828. The maximum absolute atomic E-state index is 12.7. The first-order valence-electron chi connectivity index (χ1n) is 8.52. The van der Waals surface area contributed by atoms with E-state index in [1.54, 1.807) is 0 Å². The topological polar surface area (TPSA) is 58.6 Å². The highest BCUT2D eigenvalue weighted by Crippen LogP contribution is 2.23. The normalized spacial score (nSPS) is 25.5. The molecule has 0 radical (unpaired) electrons. The summed E-state index contributed by atoms with van der Waals surface area (Å²) in [5, 5.41) is 0. The summed E-state index contributed by atoms with van der Waals surface area (Å²) in [7, 11) is 0. The summed E-state index contributed by atoms with van der Waals surface area (Å²) in [5.41, 5.74) is 1.97. The van der Waals surface area contributed by atoms with Crippen LogP contribution < -0.4 is 4.90 Å². The van der Waals surface area contributed by atoms with Crippen molar-refractivity contribution in [2.75, 3.05) is 37.7 Å². The number of hydrogen-bond acceptors (Lipinski definition) is 5. The molecule has 2 aliphatic rings. The zero-order chi connectivity index (χ0) is 16.4. The Morgan fingerprint density at radius 1 is 1.17 bits per heavy atom. The van der Waals surface area contributed by atoms with Gasteiger partial charge in [-0.05, 0) is 39.7 Å². The lowest BCUT2D eigenvalue weighted by Crippen LogP contribution is -2.52. The first-order valence-corrected chi connectivity index (χ1v) is 8.52. The molecule has 0 aliphatic carbocycles. The minimum Gasteiger partial charge on any atom is -0.378 e. The molecule has 3 rings (SSSR count). The van der Waals surface area contributed by atoms with E-state index in [4.69, 9.17) is 4.74 Å². The van der Waals surface area contributed by atoms with E-state index in [1.807, 2.05) is 31.7 Å². The van der Waals surface area contributed by atoms with Gasteiger partial charge in [0.25, 0.3) is 0 Å². The predicted molar refractivity (Wildman–Crippen MR) is 88.4 cm³/mol. The van der Waals surface area contributed by atoms with E-state index in [1.165, 1.54) is 0 Å². The Bertz CT molecular complexity index is 549. The lowest BCUT2D eigenvalue weighted by molar-refractivity contribution is -0.144. The van der Waals surface area contributed by atoms with Crippen molar-refractivity contribution in [2.45, 2.75) is 39.7 Å². The van der Waals surface area contributed by atoms with Crippen molar-refractivity contribution in [3.8, 4) is 0 Å².